The Bertz CT molecular complexity index is 51.1. The molecular formula is C6H11-. The summed E-state index contributed by atoms with van der Waals surface area (Å²) in [5.41, 5.74) is 1.34. The van der Waals surface area contributed by atoms with Crippen LogP contribution in [0.15, 0.2) is 11.6 Å². The van der Waals surface area contributed by atoms with Crippen molar-refractivity contribution in [2.75, 3.05) is 0 Å². The van der Waals surface area contributed by atoms with E-state index in [2.05, 4.69) is 19.4 Å². The first-order valence-electron chi connectivity index (χ1n) is 2.23. The molecule has 0 aliphatic carbocycles. The van der Waals surface area contributed by atoms with Gasteiger partial charge in [0.2, 0.25) is 0 Å². The van der Waals surface area contributed by atoms with Gasteiger partial charge in [-0.2, -0.15) is 0 Å². The molecule has 0 nitrogen and oxygen atoms in total. The fourth-order valence-electron chi connectivity index (χ4n) is 0.167. The van der Waals surface area contributed by atoms with Gasteiger partial charge in [0.25, 0.3) is 0 Å². The molecule has 0 rings (SSSR count). The maximum atomic E-state index is 2.08. The minimum absolute atomic E-state index is 1.34. The average molecular weight is 83.2 g/mol. The molecule has 0 aliphatic heterocycles. The molecule has 0 aliphatic rings. The lowest BCUT2D eigenvalue weighted by atomic mass is 10.2. The van der Waals surface area contributed by atoms with Crippen LogP contribution in [0.5, 0.6) is 0 Å². The molecule has 0 N–H and O–H groups in total. The fraction of sp³-hybridized carbons (Fsp3) is 0.500. The molecule has 0 saturated carbocycles. The van der Waals surface area contributed by atoms with Crippen LogP contribution in [0, 0.1) is 6.42 Å². The van der Waals surface area contributed by atoms with Crippen molar-refractivity contribution in [2.45, 2.75) is 20.8 Å². The van der Waals surface area contributed by atoms with Crippen molar-refractivity contribution in [1.82, 2.24) is 0 Å². The number of hydrogen-bond donors (Lipinski definition) is 0. The quantitative estimate of drug-likeness (QED) is 0.426. The van der Waals surface area contributed by atoms with E-state index in [9.17, 15) is 0 Å². The van der Waals surface area contributed by atoms with Gasteiger partial charge in [0.15, 0.2) is 0 Å². The summed E-state index contributed by atoms with van der Waals surface area (Å²) in [6.07, 6.45) is 4.17. The van der Waals surface area contributed by atoms with Crippen LogP contribution in [0.4, 0.5) is 0 Å². The van der Waals surface area contributed by atoms with Crippen LogP contribution in [-0.2, 0) is 0 Å². The SMILES string of the molecule is C/C=C(/C)[CH-]C. The van der Waals surface area contributed by atoms with Gasteiger partial charge in [0.05, 0.1) is 0 Å². The van der Waals surface area contributed by atoms with Gasteiger partial charge in [-0.1, -0.05) is 6.92 Å². The lowest BCUT2D eigenvalue weighted by Gasteiger charge is -1.98. The predicted molar refractivity (Wildman–Crippen MR) is 29.4 cm³/mol. The number of rotatable bonds is 1. The molecule has 0 fully saturated rings. The summed E-state index contributed by atoms with van der Waals surface area (Å²) >= 11 is 0. The molecular weight excluding hydrogens is 72.1 g/mol. The summed E-state index contributed by atoms with van der Waals surface area (Å²) in [6.45, 7) is 6.16. The van der Waals surface area contributed by atoms with Gasteiger partial charge in [-0.25, -0.2) is 18.1 Å². The molecule has 0 aromatic carbocycles. The van der Waals surface area contributed by atoms with Gasteiger partial charge in [0, 0.05) is 0 Å². The summed E-state index contributed by atoms with van der Waals surface area (Å²) in [5.74, 6) is 0. The van der Waals surface area contributed by atoms with Crippen molar-refractivity contribution in [3.05, 3.63) is 18.1 Å². The van der Waals surface area contributed by atoms with E-state index >= 15 is 0 Å². The van der Waals surface area contributed by atoms with E-state index in [1.54, 1.807) is 0 Å². The van der Waals surface area contributed by atoms with Gasteiger partial charge in [-0.05, 0) is 0 Å². The van der Waals surface area contributed by atoms with Gasteiger partial charge in [-0.3, -0.25) is 0 Å². The van der Waals surface area contributed by atoms with E-state index in [1.807, 2.05) is 13.8 Å². The van der Waals surface area contributed by atoms with Crippen LogP contribution in [0.1, 0.15) is 20.8 Å². The number of hydrogen-bond acceptors (Lipinski definition) is 0. The van der Waals surface area contributed by atoms with Crippen molar-refractivity contribution in [2.24, 2.45) is 0 Å². The molecule has 0 heterocycles. The molecule has 0 bridgehead atoms. The van der Waals surface area contributed by atoms with E-state index in [-0.39, 0.29) is 0 Å². The Morgan fingerprint density at radius 1 is 1.67 bits per heavy atom. The van der Waals surface area contributed by atoms with Crippen molar-refractivity contribution < 1.29 is 0 Å². The Balaban J connectivity index is 3.22. The monoisotopic (exact) mass is 83.1 g/mol. The Labute approximate surface area is 39.9 Å². The van der Waals surface area contributed by atoms with Crippen LogP contribution in [0.3, 0.4) is 0 Å². The second-order valence-corrected chi connectivity index (χ2v) is 1.32. The molecule has 0 atom stereocenters. The zero-order valence-electron chi connectivity index (χ0n) is 4.65. The highest BCUT2D eigenvalue weighted by Gasteiger charge is 1.59. The fourth-order valence-corrected chi connectivity index (χ4v) is 0.167. The van der Waals surface area contributed by atoms with E-state index in [4.69, 9.17) is 0 Å². The van der Waals surface area contributed by atoms with Crippen LogP contribution in [0.2, 0.25) is 0 Å². The molecule has 0 aromatic rings. The molecule has 0 unspecified atom stereocenters. The van der Waals surface area contributed by atoms with Crippen LogP contribution in [-0.4, -0.2) is 0 Å². The van der Waals surface area contributed by atoms with Crippen LogP contribution >= 0.6 is 0 Å². The van der Waals surface area contributed by atoms with Crippen molar-refractivity contribution in [3.8, 4) is 0 Å². The standard InChI is InChI=1S/C6H11/c1-4-6(3)5-2/h4-5H,1-3H3/q-1/b6-4-. The van der Waals surface area contributed by atoms with Crippen molar-refractivity contribution >= 4 is 0 Å². The molecule has 0 spiro atoms. The molecule has 6 heavy (non-hydrogen) atoms. The maximum Gasteiger partial charge on any atom is -0.0733 e. The smallest absolute Gasteiger partial charge is 0.0733 e. The predicted octanol–water partition coefficient (Wildman–Crippen LogP) is 2.18. The van der Waals surface area contributed by atoms with Gasteiger partial charge in [-0.15, -0.1) is 13.8 Å². The molecule has 0 amide bonds. The second kappa shape index (κ2) is 2.83. The third-order valence-electron chi connectivity index (χ3n) is 0.911. The lowest BCUT2D eigenvalue weighted by molar-refractivity contribution is 1.33. The van der Waals surface area contributed by atoms with Crippen molar-refractivity contribution in [1.29, 1.82) is 0 Å². The normalized spacial score (nSPS) is 11.5. The highest BCUT2D eigenvalue weighted by Crippen LogP contribution is 1.92. The van der Waals surface area contributed by atoms with Crippen LogP contribution in [0.25, 0.3) is 0 Å². The van der Waals surface area contributed by atoms with E-state index in [0.29, 0.717) is 0 Å². The zero-order chi connectivity index (χ0) is 4.99. The second-order valence-electron chi connectivity index (χ2n) is 1.32. The Morgan fingerprint density at radius 3 is 2.17 bits per heavy atom. The molecule has 0 aromatic heterocycles. The maximum absolute atomic E-state index is 2.08. The largest absolute Gasteiger partial charge is 0.231 e. The summed E-state index contributed by atoms with van der Waals surface area (Å²) < 4.78 is 0. The van der Waals surface area contributed by atoms with Gasteiger partial charge < -0.3 is 0 Å². The third-order valence-corrected chi connectivity index (χ3v) is 0.911. The molecule has 0 radical (unpaired) electrons. The minimum atomic E-state index is 1.34. The Kier molecular flexibility index (Phi) is 2.64. The summed E-state index contributed by atoms with van der Waals surface area (Å²) in [7, 11) is 0. The molecule has 0 heteroatoms. The first kappa shape index (κ1) is 5.61. The third kappa shape index (κ3) is 1.89. The van der Waals surface area contributed by atoms with Gasteiger partial charge >= 0.3 is 0 Å². The van der Waals surface area contributed by atoms with E-state index < -0.39 is 0 Å². The van der Waals surface area contributed by atoms with E-state index in [0.717, 1.165) is 0 Å². The van der Waals surface area contributed by atoms with Crippen LogP contribution < -0.4 is 0 Å². The van der Waals surface area contributed by atoms with E-state index in [1.165, 1.54) is 5.57 Å². The summed E-state index contributed by atoms with van der Waals surface area (Å²) in [4.78, 5) is 0. The number of allylic oxidation sites excluding steroid dienone is 2. The molecule has 0 saturated heterocycles. The Morgan fingerprint density at radius 2 is 2.17 bits per heavy atom. The van der Waals surface area contributed by atoms with Crippen molar-refractivity contribution in [3.63, 3.8) is 0 Å². The first-order chi connectivity index (χ1) is 2.81. The zero-order valence-corrected chi connectivity index (χ0v) is 4.65. The Hall–Kier alpha value is -0.390. The highest BCUT2D eigenvalue weighted by atomic mass is 13.8. The molecule has 36 valence electrons. The highest BCUT2D eigenvalue weighted by molar-refractivity contribution is 5.05. The van der Waals surface area contributed by atoms with Gasteiger partial charge in [0.1, 0.15) is 0 Å². The summed E-state index contributed by atoms with van der Waals surface area (Å²) in [6, 6.07) is 0. The minimum Gasteiger partial charge on any atom is -0.231 e. The topological polar surface area (TPSA) is 0 Å². The first-order valence-corrected chi connectivity index (χ1v) is 2.23. The average Bonchev–Trinajstić information content (AvgIpc) is 1.65. The lowest BCUT2D eigenvalue weighted by Crippen LogP contribution is -1.65. The summed E-state index contributed by atoms with van der Waals surface area (Å²) in [5, 5.41) is 0.